The molecule has 0 bridgehead atoms. The van der Waals surface area contributed by atoms with Gasteiger partial charge in [-0.3, -0.25) is 14.4 Å². The first-order chi connectivity index (χ1) is 17.1. The highest BCUT2D eigenvalue weighted by molar-refractivity contribution is 5.66. The van der Waals surface area contributed by atoms with Crippen LogP contribution in [0.4, 0.5) is 0 Å². The molecule has 6 N–H and O–H groups in total. The lowest BCUT2D eigenvalue weighted by atomic mass is 10.1. The van der Waals surface area contributed by atoms with Crippen LogP contribution in [0.1, 0.15) is 124 Å². The van der Waals surface area contributed by atoms with Crippen molar-refractivity contribution in [2.75, 3.05) is 13.2 Å². The Hall–Kier alpha value is -1.97. The molecule has 0 aliphatic rings. The largest absolute Gasteiger partial charge is 0.481 e. The van der Waals surface area contributed by atoms with Gasteiger partial charge in [0.15, 0.2) is 0 Å². The molecule has 9 heteroatoms. The van der Waals surface area contributed by atoms with Crippen LogP contribution in [0.5, 0.6) is 0 Å². The number of rotatable bonds is 19. The summed E-state index contributed by atoms with van der Waals surface area (Å²) in [5.74, 6) is -2.15. The number of aliphatic hydroxyl groups excluding tert-OH is 3. The Morgan fingerprint density at radius 1 is 0.583 bits per heavy atom. The molecule has 0 fully saturated rings. The number of hydrogen-bond acceptors (Lipinski definition) is 6. The molecule has 9 nitrogen and oxygen atoms in total. The molecule has 0 aromatic rings. The van der Waals surface area contributed by atoms with E-state index in [4.69, 9.17) is 30.6 Å². The van der Waals surface area contributed by atoms with Crippen LogP contribution in [-0.4, -0.2) is 67.9 Å². The zero-order chi connectivity index (χ0) is 28.5. The lowest BCUT2D eigenvalue weighted by Gasteiger charge is -1.99. The minimum Gasteiger partial charge on any atom is -0.481 e. The van der Waals surface area contributed by atoms with Gasteiger partial charge in [0.25, 0.3) is 0 Å². The normalized spacial score (nSPS) is 9.97. The molecule has 0 aromatic heterocycles. The zero-order valence-electron chi connectivity index (χ0n) is 22.9. The summed E-state index contributed by atoms with van der Waals surface area (Å²) in [6.45, 7) is 4.73. The van der Waals surface area contributed by atoms with E-state index in [0.717, 1.165) is 12.8 Å². The van der Waals surface area contributed by atoms with Crippen LogP contribution in [0.25, 0.3) is 0 Å². The molecular formula is C27H54O9. The highest BCUT2D eigenvalue weighted by Crippen LogP contribution is 2.09. The van der Waals surface area contributed by atoms with Crippen molar-refractivity contribution >= 4 is 17.9 Å². The summed E-state index contributed by atoms with van der Waals surface area (Å²) >= 11 is 0. The van der Waals surface area contributed by atoms with Gasteiger partial charge < -0.3 is 30.6 Å². The molecule has 216 valence electrons. The number of carboxylic acid groups (broad SMARTS) is 3. The van der Waals surface area contributed by atoms with Gasteiger partial charge >= 0.3 is 17.9 Å². The molecule has 0 aliphatic heterocycles. The fraction of sp³-hybridized carbons (Fsp3) is 0.815. The quantitative estimate of drug-likeness (QED) is 0.0958. The van der Waals surface area contributed by atoms with Crippen LogP contribution < -0.4 is 0 Å². The van der Waals surface area contributed by atoms with Gasteiger partial charge in [-0.05, 0) is 32.1 Å². The van der Waals surface area contributed by atoms with Gasteiger partial charge in [0.2, 0.25) is 0 Å². The standard InChI is InChI=1S/C18H34O2.C3H8O3.2C3H6O2/c1-2-3-4-5-6-7-8-9-10-11-12-13-14-15-16-17-18(19)20;4-1-3(6)2-5;2*1-2-3(4)5/h9-10H,2-8,11-17H2,1H3,(H,19,20);3-6H,1-2H2;2*2H2,1H3,(H,4,5)/b10-9-;;;. The van der Waals surface area contributed by atoms with Gasteiger partial charge in [-0.2, -0.15) is 0 Å². The second kappa shape index (κ2) is 37.6. The van der Waals surface area contributed by atoms with Crippen molar-refractivity contribution in [3.05, 3.63) is 12.2 Å². The summed E-state index contributed by atoms with van der Waals surface area (Å²) in [5.41, 5.74) is 0. The maximum absolute atomic E-state index is 10.3. The van der Waals surface area contributed by atoms with E-state index in [0.29, 0.717) is 6.42 Å². The lowest BCUT2D eigenvalue weighted by Crippen LogP contribution is -2.15. The third-order valence-electron chi connectivity index (χ3n) is 4.68. The molecule has 0 aromatic carbocycles. The summed E-state index contributed by atoms with van der Waals surface area (Å²) in [4.78, 5) is 29.1. The number of hydrogen-bond donors (Lipinski definition) is 6. The summed E-state index contributed by atoms with van der Waals surface area (Å²) in [6.07, 6.45) is 20.7. The van der Waals surface area contributed by atoms with E-state index in [2.05, 4.69) is 19.1 Å². The molecule has 0 spiro atoms. The van der Waals surface area contributed by atoms with Crippen LogP contribution in [0.2, 0.25) is 0 Å². The first-order valence-corrected chi connectivity index (χ1v) is 13.3. The summed E-state index contributed by atoms with van der Waals surface area (Å²) in [7, 11) is 0. The van der Waals surface area contributed by atoms with Crippen LogP contribution >= 0.6 is 0 Å². The first-order valence-electron chi connectivity index (χ1n) is 13.3. The van der Waals surface area contributed by atoms with Gasteiger partial charge in [-0.15, -0.1) is 0 Å². The van der Waals surface area contributed by atoms with Crippen molar-refractivity contribution in [1.29, 1.82) is 0 Å². The van der Waals surface area contributed by atoms with E-state index in [9.17, 15) is 14.4 Å². The number of carboxylic acids is 3. The van der Waals surface area contributed by atoms with E-state index in [1.54, 1.807) is 13.8 Å². The van der Waals surface area contributed by atoms with Crippen molar-refractivity contribution in [2.24, 2.45) is 0 Å². The van der Waals surface area contributed by atoms with E-state index < -0.39 is 24.0 Å². The van der Waals surface area contributed by atoms with Crippen LogP contribution in [0.3, 0.4) is 0 Å². The molecule has 0 saturated heterocycles. The molecule has 0 aliphatic carbocycles. The van der Waals surface area contributed by atoms with Crippen LogP contribution in [0, 0.1) is 0 Å². The SMILES string of the molecule is CCC(=O)O.CCC(=O)O.CCCCCCCC/C=C\CCCCCCCC(=O)O.OCC(O)CO. The van der Waals surface area contributed by atoms with E-state index in [1.807, 2.05) is 0 Å². The Morgan fingerprint density at radius 3 is 1.19 bits per heavy atom. The van der Waals surface area contributed by atoms with Crippen LogP contribution in [0.15, 0.2) is 12.2 Å². The zero-order valence-corrected chi connectivity index (χ0v) is 22.9. The molecule has 0 amide bonds. The first kappa shape index (κ1) is 41.2. The topological polar surface area (TPSA) is 173 Å². The lowest BCUT2D eigenvalue weighted by molar-refractivity contribution is -0.138. The van der Waals surface area contributed by atoms with Crippen LogP contribution in [-0.2, 0) is 14.4 Å². The maximum Gasteiger partial charge on any atom is 0.303 e. The van der Waals surface area contributed by atoms with Gasteiger partial charge in [0, 0.05) is 19.3 Å². The smallest absolute Gasteiger partial charge is 0.303 e. The van der Waals surface area contributed by atoms with Gasteiger partial charge in [0.1, 0.15) is 6.10 Å². The third kappa shape index (κ3) is 58.1. The number of unbranched alkanes of at least 4 members (excludes halogenated alkanes) is 11. The second-order valence-electron chi connectivity index (χ2n) is 8.24. The highest BCUT2D eigenvalue weighted by atomic mass is 16.4. The summed E-state index contributed by atoms with van der Waals surface area (Å²) < 4.78 is 0. The van der Waals surface area contributed by atoms with E-state index in [-0.39, 0.29) is 26.1 Å². The molecule has 0 atom stereocenters. The number of aliphatic carboxylic acids is 3. The minimum atomic E-state index is -0.954. The minimum absolute atomic E-state index is 0.222. The molecular weight excluding hydrogens is 468 g/mol. The van der Waals surface area contributed by atoms with E-state index >= 15 is 0 Å². The Bertz CT molecular complexity index is 476. The van der Waals surface area contributed by atoms with Crippen molar-refractivity contribution in [2.45, 2.75) is 130 Å². The van der Waals surface area contributed by atoms with Crippen molar-refractivity contribution in [3.8, 4) is 0 Å². The predicted molar refractivity (Wildman–Crippen MR) is 143 cm³/mol. The average Bonchev–Trinajstić information content (AvgIpc) is 2.86. The summed E-state index contributed by atoms with van der Waals surface area (Å²) in [6, 6.07) is 0. The fourth-order valence-electron chi connectivity index (χ4n) is 2.40. The second-order valence-corrected chi connectivity index (χ2v) is 8.24. The third-order valence-corrected chi connectivity index (χ3v) is 4.68. The Morgan fingerprint density at radius 2 is 0.917 bits per heavy atom. The number of carbonyl (C=O) groups is 3. The molecule has 0 saturated carbocycles. The molecule has 0 radical (unpaired) electrons. The number of aliphatic hydroxyl groups is 3. The fourth-order valence-corrected chi connectivity index (χ4v) is 2.40. The van der Waals surface area contributed by atoms with Gasteiger partial charge in [-0.1, -0.05) is 84.3 Å². The van der Waals surface area contributed by atoms with Crippen molar-refractivity contribution in [1.82, 2.24) is 0 Å². The Labute approximate surface area is 218 Å². The molecule has 36 heavy (non-hydrogen) atoms. The molecule has 0 heterocycles. The Kier molecular flexibility index (Phi) is 43.0. The molecule has 0 unspecified atom stereocenters. The molecule has 0 rings (SSSR count). The average molecular weight is 523 g/mol. The van der Waals surface area contributed by atoms with Crippen molar-refractivity contribution in [3.63, 3.8) is 0 Å². The monoisotopic (exact) mass is 522 g/mol. The number of allylic oxidation sites excluding steroid dienone is 2. The highest BCUT2D eigenvalue weighted by Gasteiger charge is 1.96. The van der Waals surface area contributed by atoms with Gasteiger partial charge in [-0.25, -0.2) is 0 Å². The van der Waals surface area contributed by atoms with E-state index in [1.165, 1.54) is 70.6 Å². The summed E-state index contributed by atoms with van der Waals surface area (Å²) in [5, 5.41) is 48.0. The predicted octanol–water partition coefficient (Wildman–Crippen LogP) is 5.40. The Balaban J connectivity index is -0.000000258. The maximum atomic E-state index is 10.3. The van der Waals surface area contributed by atoms with Gasteiger partial charge in [0.05, 0.1) is 13.2 Å². The van der Waals surface area contributed by atoms with Crippen molar-refractivity contribution < 1.29 is 45.0 Å².